The van der Waals surface area contributed by atoms with E-state index in [4.69, 9.17) is 15.9 Å². The fraction of sp³-hybridized carbons (Fsp3) is 0.143. The molecule has 0 aliphatic heterocycles. The molecule has 0 fully saturated rings. The molecule has 0 unspecified atom stereocenters. The predicted molar refractivity (Wildman–Crippen MR) is 97.6 cm³/mol. The van der Waals surface area contributed by atoms with E-state index in [1.807, 2.05) is 42.5 Å². The molecule has 0 bridgehead atoms. The van der Waals surface area contributed by atoms with Gasteiger partial charge < -0.3 is 9.47 Å². The molecule has 2 aromatic carbocycles. The Balaban J connectivity index is 2.24. The standard InChI is InChI=1S/C21H17NO3/c1-4-14-6-8-15(9-7-14)17-13-20(21(23)25-5-2)22-19-11-10-16(24-3)12-18(17)19/h1,6-13H,5H2,2-3H3. The van der Waals surface area contributed by atoms with Crippen LogP contribution in [-0.4, -0.2) is 24.7 Å². The number of esters is 1. The van der Waals surface area contributed by atoms with Gasteiger partial charge in [0.2, 0.25) is 0 Å². The van der Waals surface area contributed by atoms with Gasteiger partial charge in [-0.1, -0.05) is 18.1 Å². The molecule has 124 valence electrons. The highest BCUT2D eigenvalue weighted by molar-refractivity contribution is 6.00. The zero-order chi connectivity index (χ0) is 17.8. The van der Waals surface area contributed by atoms with E-state index in [1.54, 1.807) is 20.1 Å². The molecule has 4 heteroatoms. The maximum absolute atomic E-state index is 12.2. The minimum absolute atomic E-state index is 0.274. The lowest BCUT2D eigenvalue weighted by atomic mass is 9.99. The maximum Gasteiger partial charge on any atom is 0.356 e. The van der Waals surface area contributed by atoms with Crippen molar-refractivity contribution in [3.63, 3.8) is 0 Å². The summed E-state index contributed by atoms with van der Waals surface area (Å²) < 4.78 is 10.4. The van der Waals surface area contributed by atoms with Crippen LogP contribution in [-0.2, 0) is 4.74 Å². The van der Waals surface area contributed by atoms with Crippen LogP contribution >= 0.6 is 0 Å². The normalized spacial score (nSPS) is 10.3. The highest BCUT2D eigenvalue weighted by Gasteiger charge is 2.15. The largest absolute Gasteiger partial charge is 0.497 e. The van der Waals surface area contributed by atoms with Gasteiger partial charge in [0.15, 0.2) is 0 Å². The van der Waals surface area contributed by atoms with Gasteiger partial charge in [0.05, 0.1) is 19.2 Å². The van der Waals surface area contributed by atoms with Crippen LogP contribution in [0.2, 0.25) is 0 Å². The molecule has 0 N–H and O–H groups in total. The number of carbonyl (C=O) groups excluding carboxylic acids is 1. The van der Waals surface area contributed by atoms with Gasteiger partial charge in [-0.3, -0.25) is 0 Å². The van der Waals surface area contributed by atoms with E-state index in [-0.39, 0.29) is 5.69 Å². The summed E-state index contributed by atoms with van der Waals surface area (Å²) in [6, 6.07) is 14.9. The van der Waals surface area contributed by atoms with E-state index < -0.39 is 5.97 Å². The number of fused-ring (bicyclic) bond motifs is 1. The second kappa shape index (κ2) is 7.06. The van der Waals surface area contributed by atoms with Crippen molar-refractivity contribution in [3.05, 3.63) is 59.8 Å². The van der Waals surface area contributed by atoms with Crippen molar-refractivity contribution in [1.29, 1.82) is 0 Å². The van der Waals surface area contributed by atoms with Crippen LogP contribution in [0, 0.1) is 12.3 Å². The smallest absolute Gasteiger partial charge is 0.356 e. The van der Waals surface area contributed by atoms with E-state index >= 15 is 0 Å². The van der Waals surface area contributed by atoms with Gasteiger partial charge in [-0.25, -0.2) is 9.78 Å². The Morgan fingerprint density at radius 1 is 1.16 bits per heavy atom. The lowest BCUT2D eigenvalue weighted by Crippen LogP contribution is -2.07. The zero-order valence-electron chi connectivity index (χ0n) is 14.1. The highest BCUT2D eigenvalue weighted by Crippen LogP contribution is 2.31. The summed E-state index contributed by atoms with van der Waals surface area (Å²) >= 11 is 0. The van der Waals surface area contributed by atoms with Crippen LogP contribution in [0.1, 0.15) is 23.0 Å². The van der Waals surface area contributed by atoms with Crippen LogP contribution in [0.5, 0.6) is 5.75 Å². The number of hydrogen-bond acceptors (Lipinski definition) is 4. The molecule has 3 aromatic rings. The number of ether oxygens (including phenoxy) is 2. The Kier molecular flexibility index (Phi) is 4.67. The summed E-state index contributed by atoms with van der Waals surface area (Å²) in [7, 11) is 1.61. The van der Waals surface area contributed by atoms with E-state index in [0.29, 0.717) is 12.1 Å². The van der Waals surface area contributed by atoms with E-state index in [1.165, 1.54) is 0 Å². The Bertz CT molecular complexity index is 969. The maximum atomic E-state index is 12.2. The van der Waals surface area contributed by atoms with Crippen molar-refractivity contribution in [1.82, 2.24) is 4.98 Å². The minimum Gasteiger partial charge on any atom is -0.497 e. The Morgan fingerprint density at radius 3 is 2.56 bits per heavy atom. The molecular formula is C21H17NO3. The van der Waals surface area contributed by atoms with Crippen molar-refractivity contribution in [2.75, 3.05) is 13.7 Å². The summed E-state index contributed by atoms with van der Waals surface area (Å²) in [5, 5.41) is 0.890. The third-order valence-electron chi connectivity index (χ3n) is 3.86. The molecule has 1 heterocycles. The van der Waals surface area contributed by atoms with Gasteiger partial charge in [-0.2, -0.15) is 0 Å². The molecule has 0 spiro atoms. The van der Waals surface area contributed by atoms with E-state index in [9.17, 15) is 4.79 Å². The second-order valence-electron chi connectivity index (χ2n) is 5.38. The molecule has 0 radical (unpaired) electrons. The molecule has 25 heavy (non-hydrogen) atoms. The van der Waals surface area contributed by atoms with Crippen LogP contribution in [0.3, 0.4) is 0 Å². The quantitative estimate of drug-likeness (QED) is 0.534. The number of terminal acetylenes is 1. The number of rotatable bonds is 4. The average Bonchev–Trinajstić information content (AvgIpc) is 2.67. The van der Waals surface area contributed by atoms with Crippen molar-refractivity contribution in [2.45, 2.75) is 6.92 Å². The Morgan fingerprint density at radius 2 is 1.92 bits per heavy atom. The van der Waals surface area contributed by atoms with Crippen molar-refractivity contribution >= 4 is 16.9 Å². The first-order valence-corrected chi connectivity index (χ1v) is 7.89. The zero-order valence-corrected chi connectivity index (χ0v) is 14.1. The molecule has 0 aliphatic carbocycles. The van der Waals surface area contributed by atoms with Crippen LogP contribution in [0.25, 0.3) is 22.0 Å². The number of nitrogens with zero attached hydrogens (tertiary/aromatic N) is 1. The molecule has 0 atom stereocenters. The minimum atomic E-state index is -0.443. The summed E-state index contributed by atoms with van der Waals surface area (Å²) in [4.78, 5) is 16.6. The first-order chi connectivity index (χ1) is 12.2. The Labute approximate surface area is 146 Å². The third kappa shape index (κ3) is 3.31. The highest BCUT2D eigenvalue weighted by atomic mass is 16.5. The topological polar surface area (TPSA) is 48.4 Å². The fourth-order valence-electron chi connectivity index (χ4n) is 2.63. The number of pyridine rings is 1. The molecule has 4 nitrogen and oxygen atoms in total. The summed E-state index contributed by atoms with van der Waals surface area (Å²) in [5.41, 5.74) is 3.57. The first kappa shape index (κ1) is 16.5. The molecule has 0 saturated heterocycles. The number of benzene rings is 2. The van der Waals surface area contributed by atoms with Gasteiger partial charge in [-0.15, -0.1) is 6.42 Å². The van der Waals surface area contributed by atoms with Crippen LogP contribution < -0.4 is 4.74 Å². The van der Waals surface area contributed by atoms with Gasteiger partial charge in [0.25, 0.3) is 0 Å². The summed E-state index contributed by atoms with van der Waals surface area (Å²) in [6.45, 7) is 2.07. The number of aromatic nitrogens is 1. The molecule has 0 saturated carbocycles. The molecular weight excluding hydrogens is 314 g/mol. The lowest BCUT2D eigenvalue weighted by Gasteiger charge is -2.11. The van der Waals surface area contributed by atoms with Crippen LogP contribution in [0.4, 0.5) is 0 Å². The molecule has 1 aromatic heterocycles. The summed E-state index contributed by atoms with van der Waals surface area (Å²) in [6.07, 6.45) is 5.43. The van der Waals surface area contributed by atoms with Gasteiger partial charge in [-0.05, 0) is 54.4 Å². The number of methoxy groups -OCH3 is 1. The Hall–Kier alpha value is -3.32. The average molecular weight is 331 g/mol. The van der Waals surface area contributed by atoms with Gasteiger partial charge in [0, 0.05) is 10.9 Å². The SMILES string of the molecule is C#Cc1ccc(-c2cc(C(=O)OCC)nc3ccc(OC)cc23)cc1. The lowest BCUT2D eigenvalue weighted by molar-refractivity contribution is 0.0520. The predicted octanol–water partition coefficient (Wildman–Crippen LogP) is 4.07. The van der Waals surface area contributed by atoms with Crippen molar-refractivity contribution < 1.29 is 14.3 Å². The van der Waals surface area contributed by atoms with Gasteiger partial charge >= 0.3 is 5.97 Å². The van der Waals surface area contributed by atoms with Gasteiger partial charge in [0.1, 0.15) is 11.4 Å². The summed E-state index contributed by atoms with van der Waals surface area (Å²) in [5.74, 6) is 2.88. The third-order valence-corrected chi connectivity index (χ3v) is 3.86. The van der Waals surface area contributed by atoms with E-state index in [0.717, 1.165) is 27.8 Å². The molecule has 0 aliphatic rings. The second-order valence-corrected chi connectivity index (χ2v) is 5.38. The fourth-order valence-corrected chi connectivity index (χ4v) is 2.63. The van der Waals surface area contributed by atoms with Crippen LogP contribution in [0.15, 0.2) is 48.5 Å². The molecule has 0 amide bonds. The molecule has 3 rings (SSSR count). The number of hydrogen-bond donors (Lipinski definition) is 0. The number of carbonyl (C=O) groups is 1. The van der Waals surface area contributed by atoms with E-state index in [2.05, 4.69) is 10.9 Å². The monoisotopic (exact) mass is 331 g/mol. The van der Waals surface area contributed by atoms with Crippen molar-refractivity contribution in [2.24, 2.45) is 0 Å². The van der Waals surface area contributed by atoms with Crippen molar-refractivity contribution in [3.8, 4) is 29.2 Å². The first-order valence-electron chi connectivity index (χ1n) is 7.89.